The van der Waals surface area contributed by atoms with Gasteiger partial charge in [0.15, 0.2) is 0 Å². The van der Waals surface area contributed by atoms with Gasteiger partial charge in [-0.3, -0.25) is 4.98 Å². The summed E-state index contributed by atoms with van der Waals surface area (Å²) in [6, 6.07) is 26.7. The van der Waals surface area contributed by atoms with E-state index in [1.54, 1.807) is 7.11 Å². The molecule has 4 heteroatoms. The standard InChI is InChI=1S/C27H26N2O2/c1-19-16-27(29-15-14-21(18-29)20-8-10-22(30-2)11-9-20)25-17-24(12-13-26(25)28-19)31-23-6-4-3-5-7-23/h3-13,16-17,21H,14-15,18H2,1-2H3/t21-/m1/s1. The van der Waals surface area contributed by atoms with Gasteiger partial charge in [0.1, 0.15) is 17.2 Å². The Bertz CT molecular complexity index is 1190. The van der Waals surface area contributed by atoms with Crippen molar-refractivity contribution < 1.29 is 9.47 Å². The van der Waals surface area contributed by atoms with Crippen LogP contribution in [0, 0.1) is 6.92 Å². The van der Waals surface area contributed by atoms with E-state index in [0.29, 0.717) is 5.92 Å². The van der Waals surface area contributed by atoms with Crippen LogP contribution in [-0.2, 0) is 0 Å². The average molecular weight is 411 g/mol. The Morgan fingerprint density at radius 1 is 0.871 bits per heavy atom. The molecule has 2 heterocycles. The number of methoxy groups -OCH3 is 1. The van der Waals surface area contributed by atoms with Gasteiger partial charge in [-0.2, -0.15) is 0 Å². The smallest absolute Gasteiger partial charge is 0.128 e. The molecule has 4 nitrogen and oxygen atoms in total. The number of fused-ring (bicyclic) bond motifs is 1. The summed E-state index contributed by atoms with van der Waals surface area (Å²) in [6.07, 6.45) is 1.13. The molecule has 0 unspecified atom stereocenters. The molecule has 3 aromatic carbocycles. The summed E-state index contributed by atoms with van der Waals surface area (Å²) in [7, 11) is 1.71. The summed E-state index contributed by atoms with van der Waals surface area (Å²) < 4.78 is 11.4. The first kappa shape index (κ1) is 19.4. The van der Waals surface area contributed by atoms with Gasteiger partial charge in [-0.15, -0.1) is 0 Å². The second-order valence-electron chi connectivity index (χ2n) is 8.08. The largest absolute Gasteiger partial charge is 0.497 e. The molecule has 0 spiro atoms. The monoisotopic (exact) mass is 410 g/mol. The second kappa shape index (κ2) is 8.31. The fourth-order valence-corrected chi connectivity index (χ4v) is 4.39. The van der Waals surface area contributed by atoms with E-state index in [1.807, 2.05) is 36.4 Å². The molecule has 1 fully saturated rings. The van der Waals surface area contributed by atoms with Crippen LogP contribution in [0.15, 0.2) is 78.9 Å². The van der Waals surface area contributed by atoms with Crippen molar-refractivity contribution in [1.82, 2.24) is 4.98 Å². The topological polar surface area (TPSA) is 34.6 Å². The molecule has 1 aliphatic heterocycles. The molecular weight excluding hydrogens is 384 g/mol. The number of hydrogen-bond acceptors (Lipinski definition) is 4. The maximum absolute atomic E-state index is 6.09. The molecule has 1 aromatic heterocycles. The molecule has 0 radical (unpaired) electrons. The number of rotatable bonds is 5. The first-order valence-corrected chi connectivity index (χ1v) is 10.7. The number of nitrogens with zero attached hydrogens (tertiary/aromatic N) is 2. The normalized spacial score (nSPS) is 15.9. The van der Waals surface area contributed by atoms with E-state index < -0.39 is 0 Å². The maximum atomic E-state index is 6.09. The highest BCUT2D eigenvalue weighted by Gasteiger charge is 2.25. The minimum Gasteiger partial charge on any atom is -0.497 e. The van der Waals surface area contributed by atoms with E-state index in [0.717, 1.165) is 53.4 Å². The van der Waals surface area contributed by atoms with Gasteiger partial charge < -0.3 is 14.4 Å². The van der Waals surface area contributed by atoms with Crippen molar-refractivity contribution in [3.63, 3.8) is 0 Å². The maximum Gasteiger partial charge on any atom is 0.128 e. The predicted octanol–water partition coefficient (Wildman–Crippen LogP) is 6.34. The van der Waals surface area contributed by atoms with E-state index in [1.165, 1.54) is 11.3 Å². The van der Waals surface area contributed by atoms with Gasteiger partial charge in [-0.05, 0) is 67.4 Å². The van der Waals surface area contributed by atoms with Gasteiger partial charge >= 0.3 is 0 Å². The lowest BCUT2D eigenvalue weighted by Crippen LogP contribution is -2.19. The van der Waals surface area contributed by atoms with Crippen molar-refractivity contribution in [1.29, 1.82) is 0 Å². The quantitative estimate of drug-likeness (QED) is 0.385. The highest BCUT2D eigenvalue weighted by Crippen LogP contribution is 2.37. The molecule has 0 saturated carbocycles. The Kier molecular flexibility index (Phi) is 5.21. The Balaban J connectivity index is 1.44. The summed E-state index contributed by atoms with van der Waals surface area (Å²) in [5.41, 5.74) is 4.64. The van der Waals surface area contributed by atoms with Gasteiger partial charge in [0.05, 0.1) is 12.6 Å². The minimum absolute atomic E-state index is 0.512. The van der Waals surface area contributed by atoms with E-state index in [2.05, 4.69) is 54.3 Å². The van der Waals surface area contributed by atoms with Crippen molar-refractivity contribution in [3.05, 3.63) is 90.1 Å². The Morgan fingerprint density at radius 2 is 1.65 bits per heavy atom. The zero-order valence-corrected chi connectivity index (χ0v) is 17.9. The van der Waals surface area contributed by atoms with Crippen LogP contribution >= 0.6 is 0 Å². The molecule has 0 aliphatic carbocycles. The van der Waals surface area contributed by atoms with Crippen molar-refractivity contribution in [2.75, 3.05) is 25.1 Å². The van der Waals surface area contributed by atoms with Crippen molar-refractivity contribution in [3.8, 4) is 17.2 Å². The SMILES string of the molecule is COc1ccc([C@@H]2CCN(c3cc(C)nc4ccc(Oc5ccccc5)cc34)C2)cc1. The zero-order valence-electron chi connectivity index (χ0n) is 17.9. The van der Waals surface area contributed by atoms with Crippen LogP contribution in [0.4, 0.5) is 5.69 Å². The molecule has 1 saturated heterocycles. The average Bonchev–Trinajstić information content (AvgIpc) is 3.30. The summed E-state index contributed by atoms with van der Waals surface area (Å²) in [6.45, 7) is 4.09. The third-order valence-corrected chi connectivity index (χ3v) is 5.98. The number of pyridine rings is 1. The second-order valence-corrected chi connectivity index (χ2v) is 8.08. The molecule has 0 amide bonds. The number of benzene rings is 3. The lowest BCUT2D eigenvalue weighted by Gasteiger charge is -2.22. The van der Waals surface area contributed by atoms with Crippen LogP contribution in [0.3, 0.4) is 0 Å². The molecule has 4 aromatic rings. The molecule has 1 aliphatic rings. The third kappa shape index (κ3) is 4.06. The number of para-hydroxylation sites is 1. The highest BCUT2D eigenvalue weighted by molar-refractivity contribution is 5.93. The van der Waals surface area contributed by atoms with Gasteiger partial charge in [0.2, 0.25) is 0 Å². The van der Waals surface area contributed by atoms with Crippen molar-refractivity contribution >= 4 is 16.6 Å². The van der Waals surface area contributed by atoms with Gasteiger partial charge in [-0.1, -0.05) is 30.3 Å². The van der Waals surface area contributed by atoms with E-state index >= 15 is 0 Å². The number of aryl methyl sites for hydroxylation is 1. The number of anilines is 1. The molecule has 31 heavy (non-hydrogen) atoms. The molecule has 0 bridgehead atoms. The van der Waals surface area contributed by atoms with Crippen LogP contribution in [-0.4, -0.2) is 25.2 Å². The highest BCUT2D eigenvalue weighted by atomic mass is 16.5. The van der Waals surface area contributed by atoms with Crippen molar-refractivity contribution in [2.24, 2.45) is 0 Å². The number of ether oxygens (including phenoxy) is 2. The summed E-state index contributed by atoms with van der Waals surface area (Å²) in [4.78, 5) is 7.24. The molecule has 0 N–H and O–H groups in total. The molecular formula is C27H26N2O2. The third-order valence-electron chi connectivity index (χ3n) is 5.98. The molecule has 156 valence electrons. The van der Waals surface area contributed by atoms with E-state index in [-0.39, 0.29) is 0 Å². The van der Waals surface area contributed by atoms with Crippen molar-refractivity contribution in [2.45, 2.75) is 19.3 Å². The molecule has 5 rings (SSSR count). The van der Waals surface area contributed by atoms with E-state index in [4.69, 9.17) is 14.5 Å². The number of hydrogen-bond donors (Lipinski definition) is 0. The zero-order chi connectivity index (χ0) is 21.2. The van der Waals surface area contributed by atoms with Crippen LogP contribution in [0.1, 0.15) is 23.6 Å². The first-order valence-electron chi connectivity index (χ1n) is 10.7. The minimum atomic E-state index is 0.512. The van der Waals surface area contributed by atoms with E-state index in [9.17, 15) is 0 Å². The summed E-state index contributed by atoms with van der Waals surface area (Å²) >= 11 is 0. The fraction of sp³-hybridized carbons (Fsp3) is 0.222. The lowest BCUT2D eigenvalue weighted by molar-refractivity contribution is 0.414. The Hall–Kier alpha value is -3.53. The van der Waals surface area contributed by atoms with Gasteiger partial charge in [0.25, 0.3) is 0 Å². The predicted molar refractivity (Wildman–Crippen MR) is 126 cm³/mol. The molecule has 1 atom stereocenters. The first-order chi connectivity index (χ1) is 15.2. The van der Waals surface area contributed by atoms with Gasteiger partial charge in [-0.25, -0.2) is 0 Å². The fourth-order valence-electron chi connectivity index (χ4n) is 4.39. The lowest BCUT2D eigenvalue weighted by atomic mass is 9.98. The summed E-state index contributed by atoms with van der Waals surface area (Å²) in [5.74, 6) is 3.08. The van der Waals surface area contributed by atoms with Crippen LogP contribution < -0.4 is 14.4 Å². The Morgan fingerprint density at radius 3 is 2.42 bits per heavy atom. The van der Waals surface area contributed by atoms with Gasteiger partial charge in [0, 0.05) is 35.8 Å². The van der Waals surface area contributed by atoms with Crippen LogP contribution in [0.5, 0.6) is 17.2 Å². The Labute approximate surface area is 183 Å². The number of aromatic nitrogens is 1. The van der Waals surface area contributed by atoms with Crippen LogP contribution in [0.2, 0.25) is 0 Å². The van der Waals surface area contributed by atoms with Crippen LogP contribution in [0.25, 0.3) is 10.9 Å². The summed E-state index contributed by atoms with van der Waals surface area (Å²) in [5, 5.41) is 1.13.